The zero-order valence-corrected chi connectivity index (χ0v) is 10.6. The Morgan fingerprint density at radius 2 is 1.94 bits per heavy atom. The van der Waals surface area contributed by atoms with Crippen molar-refractivity contribution in [2.45, 2.75) is 19.8 Å². The zero-order chi connectivity index (χ0) is 12.4. The second-order valence-corrected chi connectivity index (χ2v) is 5.75. The van der Waals surface area contributed by atoms with Crippen LogP contribution in [-0.2, 0) is 9.59 Å². The highest BCUT2D eigenvalue weighted by Gasteiger charge is 2.38. The van der Waals surface area contributed by atoms with Gasteiger partial charge in [0.1, 0.15) is 5.92 Å². The molecule has 17 heavy (non-hydrogen) atoms. The fraction of sp³-hybridized carbons (Fsp3) is 0.727. The zero-order valence-electron chi connectivity index (χ0n) is 9.77. The Hall–Kier alpha value is -1.04. The molecule has 2 rings (SSSR count). The number of nitrogens with one attached hydrogen (secondary N) is 1. The van der Waals surface area contributed by atoms with Gasteiger partial charge in [-0.3, -0.25) is 19.8 Å². The molecule has 0 saturated carbocycles. The van der Waals surface area contributed by atoms with Crippen molar-refractivity contribution in [2.24, 2.45) is 11.8 Å². The third-order valence-corrected chi connectivity index (χ3v) is 4.34. The average Bonchev–Trinajstić information content (AvgIpc) is 2.33. The quantitative estimate of drug-likeness (QED) is 0.744. The van der Waals surface area contributed by atoms with Gasteiger partial charge in [0, 0.05) is 6.54 Å². The van der Waals surface area contributed by atoms with E-state index in [0.29, 0.717) is 12.5 Å². The van der Waals surface area contributed by atoms with Crippen LogP contribution in [0.5, 0.6) is 0 Å². The number of nitrogens with zero attached hydrogens (tertiary/aromatic N) is 1. The lowest BCUT2D eigenvalue weighted by molar-refractivity contribution is -0.142. The predicted octanol–water partition coefficient (Wildman–Crippen LogP) is 0.844. The van der Waals surface area contributed by atoms with E-state index in [4.69, 9.17) is 0 Å². The van der Waals surface area contributed by atoms with E-state index in [2.05, 4.69) is 5.32 Å². The van der Waals surface area contributed by atoms with Crippen LogP contribution in [0.15, 0.2) is 0 Å². The summed E-state index contributed by atoms with van der Waals surface area (Å²) in [4.78, 5) is 35.9. The van der Waals surface area contributed by atoms with E-state index in [9.17, 15) is 14.4 Å². The minimum Gasteiger partial charge on any atom is -0.277 e. The molecular formula is C11H16N2O3S. The molecule has 2 heterocycles. The molecule has 0 aromatic heterocycles. The highest BCUT2D eigenvalue weighted by Crippen LogP contribution is 2.24. The minimum absolute atomic E-state index is 0.364. The number of carbonyl (C=O) groups is 3. The minimum atomic E-state index is -0.745. The molecule has 1 N–H and O–H groups in total. The predicted molar refractivity (Wildman–Crippen MR) is 64.5 cm³/mol. The molecule has 2 aliphatic heterocycles. The number of thioether (sulfide) groups is 1. The fourth-order valence-corrected chi connectivity index (χ4v) is 3.29. The standard InChI is InChI=1S/C11H16N2O3S/c1-7-9(14)12-11(16)13(10(7)15)6-8-2-4-17-5-3-8/h7-8H,2-6H2,1H3,(H,12,14,16). The normalized spacial score (nSPS) is 27.2. The maximum atomic E-state index is 11.9. The molecule has 5 nitrogen and oxygen atoms in total. The number of urea groups is 1. The van der Waals surface area contributed by atoms with Crippen LogP contribution in [0, 0.1) is 11.8 Å². The molecule has 1 atom stereocenters. The summed E-state index contributed by atoms with van der Waals surface area (Å²) < 4.78 is 0. The van der Waals surface area contributed by atoms with Crippen LogP contribution in [0.1, 0.15) is 19.8 Å². The van der Waals surface area contributed by atoms with Gasteiger partial charge in [0.15, 0.2) is 0 Å². The Morgan fingerprint density at radius 3 is 2.59 bits per heavy atom. The van der Waals surface area contributed by atoms with Crippen LogP contribution in [0.3, 0.4) is 0 Å². The second kappa shape index (κ2) is 5.08. The summed E-state index contributed by atoms with van der Waals surface area (Å²) >= 11 is 1.91. The van der Waals surface area contributed by atoms with Gasteiger partial charge in [-0.05, 0) is 37.2 Å². The van der Waals surface area contributed by atoms with Crippen LogP contribution in [-0.4, -0.2) is 40.8 Å². The number of imide groups is 2. The molecule has 0 spiro atoms. The molecule has 94 valence electrons. The van der Waals surface area contributed by atoms with Gasteiger partial charge >= 0.3 is 6.03 Å². The Labute approximate surface area is 104 Å². The number of hydrogen-bond acceptors (Lipinski definition) is 4. The van der Waals surface area contributed by atoms with E-state index in [-0.39, 0.29) is 5.91 Å². The average molecular weight is 256 g/mol. The van der Waals surface area contributed by atoms with Gasteiger partial charge in [-0.25, -0.2) is 4.79 Å². The summed E-state index contributed by atoms with van der Waals surface area (Å²) in [5, 5.41) is 2.22. The van der Waals surface area contributed by atoms with Gasteiger partial charge in [-0.15, -0.1) is 0 Å². The summed E-state index contributed by atoms with van der Waals surface area (Å²) in [6.07, 6.45) is 2.06. The lowest BCUT2D eigenvalue weighted by Crippen LogP contribution is -2.58. The first-order chi connectivity index (χ1) is 8.09. The van der Waals surface area contributed by atoms with Crippen molar-refractivity contribution in [1.82, 2.24) is 10.2 Å². The summed E-state index contributed by atoms with van der Waals surface area (Å²) in [6, 6.07) is -0.559. The first-order valence-corrected chi connectivity index (χ1v) is 6.99. The van der Waals surface area contributed by atoms with Gasteiger partial charge < -0.3 is 0 Å². The van der Waals surface area contributed by atoms with Crippen LogP contribution < -0.4 is 5.32 Å². The molecule has 0 aliphatic carbocycles. The van der Waals surface area contributed by atoms with E-state index < -0.39 is 17.9 Å². The molecule has 2 saturated heterocycles. The first-order valence-electron chi connectivity index (χ1n) is 5.83. The van der Waals surface area contributed by atoms with Gasteiger partial charge in [-0.2, -0.15) is 11.8 Å². The van der Waals surface area contributed by atoms with Crippen molar-refractivity contribution < 1.29 is 14.4 Å². The van der Waals surface area contributed by atoms with E-state index in [1.54, 1.807) is 0 Å². The Balaban J connectivity index is 2.01. The molecule has 0 aromatic carbocycles. The fourth-order valence-electron chi connectivity index (χ4n) is 2.09. The lowest BCUT2D eigenvalue weighted by Gasteiger charge is -2.32. The summed E-state index contributed by atoms with van der Waals surface area (Å²) in [6.45, 7) is 1.98. The summed E-state index contributed by atoms with van der Waals surface area (Å²) in [7, 11) is 0. The molecule has 0 bridgehead atoms. The third kappa shape index (κ3) is 2.62. The molecule has 0 aromatic rings. The summed E-state index contributed by atoms with van der Waals surface area (Å²) in [5.74, 6) is 0.954. The molecule has 2 fully saturated rings. The number of carbonyl (C=O) groups excluding carboxylic acids is 3. The van der Waals surface area contributed by atoms with Crippen LogP contribution in [0.25, 0.3) is 0 Å². The van der Waals surface area contributed by atoms with E-state index >= 15 is 0 Å². The van der Waals surface area contributed by atoms with E-state index in [0.717, 1.165) is 24.3 Å². The topological polar surface area (TPSA) is 66.5 Å². The van der Waals surface area contributed by atoms with Crippen molar-refractivity contribution in [2.75, 3.05) is 18.1 Å². The highest BCUT2D eigenvalue weighted by molar-refractivity contribution is 7.99. The van der Waals surface area contributed by atoms with Crippen molar-refractivity contribution in [3.8, 4) is 0 Å². The lowest BCUT2D eigenvalue weighted by atomic mass is 10.0. The SMILES string of the molecule is CC1C(=O)NC(=O)N(CC2CCSCC2)C1=O. The van der Waals surface area contributed by atoms with Crippen molar-refractivity contribution >= 4 is 29.6 Å². The maximum Gasteiger partial charge on any atom is 0.330 e. The van der Waals surface area contributed by atoms with Crippen LogP contribution >= 0.6 is 11.8 Å². The van der Waals surface area contributed by atoms with Crippen molar-refractivity contribution in [3.63, 3.8) is 0 Å². The maximum absolute atomic E-state index is 11.9. The molecular weight excluding hydrogens is 240 g/mol. The smallest absolute Gasteiger partial charge is 0.277 e. The van der Waals surface area contributed by atoms with Crippen LogP contribution in [0.2, 0.25) is 0 Å². The van der Waals surface area contributed by atoms with Gasteiger partial charge in [0.05, 0.1) is 0 Å². The molecule has 6 heteroatoms. The van der Waals surface area contributed by atoms with Crippen molar-refractivity contribution in [3.05, 3.63) is 0 Å². The van der Waals surface area contributed by atoms with Gasteiger partial charge in [0.25, 0.3) is 0 Å². The monoisotopic (exact) mass is 256 g/mol. The first kappa shape index (κ1) is 12.4. The highest BCUT2D eigenvalue weighted by atomic mass is 32.2. The largest absolute Gasteiger partial charge is 0.330 e. The number of amides is 4. The van der Waals surface area contributed by atoms with E-state index in [1.807, 2.05) is 11.8 Å². The van der Waals surface area contributed by atoms with Crippen LogP contribution in [0.4, 0.5) is 4.79 Å². The van der Waals surface area contributed by atoms with E-state index in [1.165, 1.54) is 11.8 Å². The summed E-state index contributed by atoms with van der Waals surface area (Å²) in [5.41, 5.74) is 0. The molecule has 0 radical (unpaired) electrons. The Bertz CT molecular complexity index is 353. The number of rotatable bonds is 2. The molecule has 4 amide bonds. The Morgan fingerprint density at radius 1 is 1.29 bits per heavy atom. The van der Waals surface area contributed by atoms with Crippen molar-refractivity contribution in [1.29, 1.82) is 0 Å². The van der Waals surface area contributed by atoms with Gasteiger partial charge in [0.2, 0.25) is 11.8 Å². The molecule has 2 aliphatic rings. The molecule has 1 unspecified atom stereocenters. The number of hydrogen-bond donors (Lipinski definition) is 1. The van der Waals surface area contributed by atoms with Gasteiger partial charge in [-0.1, -0.05) is 0 Å². The number of barbiturate groups is 1. The Kier molecular flexibility index (Phi) is 3.71. The third-order valence-electron chi connectivity index (χ3n) is 3.29. The second-order valence-electron chi connectivity index (χ2n) is 4.52.